The number of anilines is 1. The molecule has 0 bridgehead atoms. The van der Waals surface area contributed by atoms with Gasteiger partial charge in [-0.15, -0.1) is 11.8 Å². The number of aryl methyl sites for hydroxylation is 1. The van der Waals surface area contributed by atoms with Crippen molar-refractivity contribution in [3.8, 4) is 11.1 Å². The highest BCUT2D eigenvalue weighted by molar-refractivity contribution is 7.99. The van der Waals surface area contributed by atoms with Crippen molar-refractivity contribution in [1.82, 2.24) is 20.6 Å². The number of aromatic amines is 1. The number of cyclic esters (lactones) is 1. The third-order valence-electron chi connectivity index (χ3n) is 5.86. The van der Waals surface area contributed by atoms with E-state index in [0.29, 0.717) is 11.3 Å². The van der Waals surface area contributed by atoms with Gasteiger partial charge in [0.25, 0.3) is 0 Å². The molecule has 0 unspecified atom stereocenters. The number of H-pyrrole nitrogens is 1. The lowest BCUT2D eigenvalue weighted by Crippen LogP contribution is -2.33. The first-order valence-electron chi connectivity index (χ1n) is 11.9. The predicted octanol–water partition coefficient (Wildman–Crippen LogP) is 4.12. The first-order chi connectivity index (χ1) is 17.4. The summed E-state index contributed by atoms with van der Waals surface area (Å²) in [6, 6.07) is 12.5. The number of hydrogen-bond acceptors (Lipinski definition) is 6. The lowest BCUT2D eigenvalue weighted by atomic mass is 10.0. The van der Waals surface area contributed by atoms with E-state index in [1.54, 1.807) is 30.2 Å². The van der Waals surface area contributed by atoms with E-state index in [1.807, 2.05) is 24.3 Å². The number of benzene rings is 2. The molecule has 0 spiro atoms. The molecule has 8 nitrogen and oxygen atoms in total. The Balaban J connectivity index is 1.29. The fourth-order valence-corrected chi connectivity index (χ4v) is 4.89. The monoisotopic (exact) mass is 511 g/mol. The summed E-state index contributed by atoms with van der Waals surface area (Å²) in [6.07, 6.45) is 1.65. The standard InChI is InChI=1S/C26H30FN5O3S/c1-3-24-25(31-16-30-24)36-11-10-28-13-18-4-6-19(7-5-18)22-9-8-20(12-23(22)27)32-15-21(35-26(32)34)14-29-17(2)33/h4-9,12,16,21,28H,3,10-11,13-15H2,1-2H3,(H,29,33)(H,30,31)/t21-/m0/s1. The second kappa shape index (κ2) is 12.0. The molecule has 1 saturated heterocycles. The van der Waals surface area contributed by atoms with Crippen molar-refractivity contribution in [3.05, 3.63) is 65.9 Å². The molecular formula is C26H30FN5O3S. The van der Waals surface area contributed by atoms with Gasteiger partial charge >= 0.3 is 6.09 Å². The lowest BCUT2D eigenvalue weighted by molar-refractivity contribution is -0.119. The summed E-state index contributed by atoms with van der Waals surface area (Å²) in [5, 5.41) is 7.12. The van der Waals surface area contributed by atoms with Gasteiger partial charge in [-0.1, -0.05) is 31.2 Å². The van der Waals surface area contributed by atoms with Crippen molar-refractivity contribution < 1.29 is 18.7 Å². The summed E-state index contributed by atoms with van der Waals surface area (Å²) in [4.78, 5) is 32.2. The largest absolute Gasteiger partial charge is 0.442 e. The van der Waals surface area contributed by atoms with Gasteiger partial charge in [-0.05, 0) is 35.7 Å². The molecule has 2 heterocycles. The van der Waals surface area contributed by atoms with Gasteiger partial charge in [0, 0.05) is 37.0 Å². The van der Waals surface area contributed by atoms with Crippen molar-refractivity contribution in [2.24, 2.45) is 0 Å². The van der Waals surface area contributed by atoms with Crippen molar-refractivity contribution in [2.75, 3.05) is 30.3 Å². The third kappa shape index (κ3) is 6.44. The molecule has 10 heteroatoms. The van der Waals surface area contributed by atoms with E-state index in [0.717, 1.165) is 41.4 Å². The topological polar surface area (TPSA) is 99.4 Å². The molecule has 4 rings (SSSR count). The van der Waals surface area contributed by atoms with Crippen molar-refractivity contribution in [1.29, 1.82) is 0 Å². The minimum Gasteiger partial charge on any atom is -0.442 e. The summed E-state index contributed by atoms with van der Waals surface area (Å²) in [5.41, 5.74) is 3.92. The van der Waals surface area contributed by atoms with Crippen molar-refractivity contribution in [3.63, 3.8) is 0 Å². The Labute approximate surface area is 214 Å². The Kier molecular flexibility index (Phi) is 8.61. The van der Waals surface area contributed by atoms with Crippen molar-refractivity contribution >= 4 is 29.4 Å². The number of ether oxygens (including phenoxy) is 1. The molecule has 0 aliphatic carbocycles. The number of nitrogens with one attached hydrogen (secondary N) is 3. The van der Waals surface area contributed by atoms with Gasteiger partial charge in [-0.25, -0.2) is 14.2 Å². The molecule has 2 aromatic carbocycles. The van der Waals surface area contributed by atoms with Crippen LogP contribution in [0.25, 0.3) is 11.1 Å². The zero-order valence-electron chi connectivity index (χ0n) is 20.3. The maximum atomic E-state index is 15.0. The molecule has 1 fully saturated rings. The van der Waals surface area contributed by atoms with Gasteiger partial charge in [-0.3, -0.25) is 9.69 Å². The quantitative estimate of drug-likeness (QED) is 0.265. The molecule has 1 atom stereocenters. The molecule has 1 aliphatic heterocycles. The van der Waals surface area contributed by atoms with Gasteiger partial charge in [-0.2, -0.15) is 0 Å². The van der Waals surface area contributed by atoms with Gasteiger partial charge in [0.15, 0.2) is 0 Å². The average molecular weight is 512 g/mol. The first kappa shape index (κ1) is 25.7. The molecule has 0 radical (unpaired) electrons. The number of rotatable bonds is 11. The summed E-state index contributed by atoms with van der Waals surface area (Å²) >= 11 is 1.73. The van der Waals surface area contributed by atoms with Crippen LogP contribution in [0.15, 0.2) is 53.8 Å². The molecule has 1 aliphatic rings. The Morgan fingerprint density at radius 1 is 1.28 bits per heavy atom. The number of aromatic nitrogens is 2. The second-order valence-corrected chi connectivity index (χ2v) is 9.56. The number of nitrogens with zero attached hydrogens (tertiary/aromatic N) is 2. The lowest BCUT2D eigenvalue weighted by Gasteiger charge is -2.15. The molecule has 1 aromatic heterocycles. The number of amides is 2. The van der Waals surface area contributed by atoms with E-state index in [2.05, 4.69) is 27.5 Å². The van der Waals surface area contributed by atoms with Crippen LogP contribution in [0.2, 0.25) is 0 Å². The molecule has 0 saturated carbocycles. The van der Waals surface area contributed by atoms with E-state index < -0.39 is 18.0 Å². The Morgan fingerprint density at radius 2 is 2.08 bits per heavy atom. The number of carbonyl (C=O) groups is 2. The van der Waals surface area contributed by atoms with Crippen LogP contribution < -0.4 is 15.5 Å². The van der Waals surface area contributed by atoms with Crippen LogP contribution in [-0.2, 0) is 22.5 Å². The number of thioether (sulfide) groups is 1. The predicted molar refractivity (Wildman–Crippen MR) is 139 cm³/mol. The van der Waals surface area contributed by atoms with E-state index in [9.17, 15) is 14.0 Å². The van der Waals surface area contributed by atoms with E-state index >= 15 is 0 Å². The number of carbonyl (C=O) groups excluding carboxylic acids is 2. The minimum atomic E-state index is -0.553. The van der Waals surface area contributed by atoms with Crippen LogP contribution in [0.3, 0.4) is 0 Å². The van der Waals surface area contributed by atoms with E-state index in [1.165, 1.54) is 23.6 Å². The maximum Gasteiger partial charge on any atom is 0.414 e. The Bertz CT molecular complexity index is 1200. The van der Waals surface area contributed by atoms with Crippen molar-refractivity contribution in [2.45, 2.75) is 37.9 Å². The fraction of sp³-hybridized carbons (Fsp3) is 0.346. The van der Waals surface area contributed by atoms with E-state index in [-0.39, 0.29) is 19.0 Å². The second-order valence-electron chi connectivity index (χ2n) is 8.48. The molecule has 3 N–H and O–H groups in total. The number of hydrogen-bond donors (Lipinski definition) is 3. The molecular weight excluding hydrogens is 481 g/mol. The first-order valence-corrected chi connectivity index (χ1v) is 12.9. The molecule has 36 heavy (non-hydrogen) atoms. The summed E-state index contributed by atoms with van der Waals surface area (Å²) in [5.74, 6) is 0.307. The highest BCUT2D eigenvalue weighted by atomic mass is 32.2. The third-order valence-corrected chi connectivity index (χ3v) is 6.89. The SMILES string of the molecule is CCc1[nH]cnc1SCCNCc1ccc(-c2ccc(N3C[C@H](CNC(C)=O)OC3=O)cc2F)cc1. The normalized spacial score (nSPS) is 15.2. The minimum absolute atomic E-state index is 0.198. The highest BCUT2D eigenvalue weighted by Crippen LogP contribution is 2.29. The maximum absolute atomic E-state index is 15.0. The summed E-state index contributed by atoms with van der Waals surface area (Å²) < 4.78 is 20.2. The zero-order chi connectivity index (χ0) is 25.5. The number of halogens is 1. The Hall–Kier alpha value is -3.37. The highest BCUT2D eigenvalue weighted by Gasteiger charge is 2.32. The van der Waals surface area contributed by atoms with Crippen LogP contribution >= 0.6 is 11.8 Å². The summed E-state index contributed by atoms with van der Waals surface area (Å²) in [7, 11) is 0. The summed E-state index contributed by atoms with van der Waals surface area (Å²) in [6.45, 7) is 5.55. The van der Waals surface area contributed by atoms with Crippen LogP contribution in [0, 0.1) is 5.82 Å². The van der Waals surface area contributed by atoms with Gasteiger partial charge in [0.1, 0.15) is 16.9 Å². The molecule has 3 aromatic rings. The number of imidazole rings is 1. The smallest absolute Gasteiger partial charge is 0.414 e. The van der Waals surface area contributed by atoms with Crippen LogP contribution in [0.1, 0.15) is 25.1 Å². The van der Waals surface area contributed by atoms with Gasteiger partial charge < -0.3 is 20.4 Å². The Morgan fingerprint density at radius 3 is 2.81 bits per heavy atom. The average Bonchev–Trinajstić information content (AvgIpc) is 3.48. The zero-order valence-corrected chi connectivity index (χ0v) is 21.2. The van der Waals surface area contributed by atoms with Crippen LogP contribution in [-0.4, -0.2) is 53.5 Å². The van der Waals surface area contributed by atoms with Gasteiger partial charge in [0.2, 0.25) is 5.91 Å². The van der Waals surface area contributed by atoms with Gasteiger partial charge in [0.05, 0.1) is 25.1 Å². The molecule has 2 amide bonds. The fourth-order valence-electron chi connectivity index (χ4n) is 3.94. The van der Waals surface area contributed by atoms with Crippen LogP contribution in [0.5, 0.6) is 0 Å². The molecule has 190 valence electrons. The van der Waals surface area contributed by atoms with E-state index in [4.69, 9.17) is 4.74 Å². The van der Waals surface area contributed by atoms with Crippen LogP contribution in [0.4, 0.5) is 14.9 Å².